The molecule has 1 amide bonds. The molecule has 0 aromatic heterocycles. The number of hydrogen-bond donors (Lipinski definition) is 1. The molecule has 1 rings (SSSR count). The van der Waals surface area contributed by atoms with Crippen molar-refractivity contribution >= 4 is 12.4 Å². The van der Waals surface area contributed by atoms with Crippen LogP contribution < -0.4 is 0 Å². The Bertz CT molecular complexity index is 190. The summed E-state index contributed by atoms with van der Waals surface area (Å²) < 4.78 is 0. The lowest BCUT2D eigenvalue weighted by molar-refractivity contribution is -0.187. The molecule has 0 aliphatic heterocycles. The molecule has 0 heterocycles. The second-order valence-corrected chi connectivity index (χ2v) is 2.77. The SMILES string of the molecule is CON(C=O)C(C(=O)O)C1CC1. The first kappa shape index (κ1) is 8.99. The van der Waals surface area contributed by atoms with Gasteiger partial charge in [-0.1, -0.05) is 0 Å². The Labute approximate surface area is 69.9 Å². The topological polar surface area (TPSA) is 66.8 Å². The van der Waals surface area contributed by atoms with Crippen LogP contribution >= 0.6 is 0 Å². The van der Waals surface area contributed by atoms with Crippen LogP contribution in [0.15, 0.2) is 0 Å². The Hall–Kier alpha value is -1.10. The van der Waals surface area contributed by atoms with E-state index in [1.54, 1.807) is 0 Å². The maximum atomic E-state index is 10.7. The van der Waals surface area contributed by atoms with E-state index in [4.69, 9.17) is 5.11 Å². The van der Waals surface area contributed by atoms with Crippen molar-refractivity contribution in [3.63, 3.8) is 0 Å². The monoisotopic (exact) mass is 173 g/mol. The third-order valence-corrected chi connectivity index (χ3v) is 1.91. The highest BCUT2D eigenvalue weighted by molar-refractivity contribution is 5.76. The summed E-state index contributed by atoms with van der Waals surface area (Å²) in [6.07, 6.45) is 2.10. The van der Waals surface area contributed by atoms with Gasteiger partial charge in [0.25, 0.3) is 0 Å². The molecule has 68 valence electrons. The molecule has 0 bridgehead atoms. The minimum absolute atomic E-state index is 0.0626. The zero-order valence-electron chi connectivity index (χ0n) is 6.77. The van der Waals surface area contributed by atoms with E-state index in [0.29, 0.717) is 6.41 Å². The van der Waals surface area contributed by atoms with E-state index in [9.17, 15) is 9.59 Å². The van der Waals surface area contributed by atoms with Crippen molar-refractivity contribution in [2.24, 2.45) is 5.92 Å². The smallest absolute Gasteiger partial charge is 0.329 e. The lowest BCUT2D eigenvalue weighted by Gasteiger charge is -2.21. The molecule has 0 radical (unpaired) electrons. The fraction of sp³-hybridized carbons (Fsp3) is 0.714. The summed E-state index contributed by atoms with van der Waals surface area (Å²) in [5, 5.41) is 9.58. The van der Waals surface area contributed by atoms with Crippen molar-refractivity contribution in [1.29, 1.82) is 0 Å². The molecule has 5 heteroatoms. The van der Waals surface area contributed by atoms with Gasteiger partial charge >= 0.3 is 5.97 Å². The van der Waals surface area contributed by atoms with Crippen LogP contribution in [0.1, 0.15) is 12.8 Å². The van der Waals surface area contributed by atoms with Gasteiger partial charge in [-0.2, -0.15) is 0 Å². The molecule has 0 saturated heterocycles. The van der Waals surface area contributed by atoms with Gasteiger partial charge in [0.1, 0.15) is 0 Å². The summed E-state index contributed by atoms with van der Waals surface area (Å²) >= 11 is 0. The Morgan fingerprint density at radius 2 is 2.33 bits per heavy atom. The van der Waals surface area contributed by atoms with Gasteiger partial charge in [-0.05, 0) is 18.8 Å². The van der Waals surface area contributed by atoms with Gasteiger partial charge in [0.2, 0.25) is 6.41 Å². The van der Waals surface area contributed by atoms with E-state index < -0.39 is 12.0 Å². The molecule has 1 aliphatic rings. The fourth-order valence-corrected chi connectivity index (χ4v) is 1.15. The van der Waals surface area contributed by atoms with Crippen LogP contribution in [0.4, 0.5) is 0 Å². The Kier molecular flexibility index (Phi) is 2.65. The van der Waals surface area contributed by atoms with Crippen LogP contribution in [0.25, 0.3) is 0 Å². The minimum Gasteiger partial charge on any atom is -0.480 e. The first-order chi connectivity index (χ1) is 5.70. The molecule has 1 saturated carbocycles. The van der Waals surface area contributed by atoms with E-state index in [0.717, 1.165) is 17.9 Å². The number of nitrogens with zero attached hydrogens (tertiary/aromatic N) is 1. The summed E-state index contributed by atoms with van der Waals surface area (Å²) in [4.78, 5) is 25.6. The average Bonchev–Trinajstić information content (AvgIpc) is 2.82. The van der Waals surface area contributed by atoms with Crippen LogP contribution in [0.2, 0.25) is 0 Å². The molecule has 0 aromatic carbocycles. The third kappa shape index (κ3) is 1.73. The highest BCUT2D eigenvalue weighted by atomic mass is 16.7. The molecule has 1 atom stereocenters. The standard InChI is InChI=1S/C7H11NO4/c1-12-8(4-9)6(7(10)11)5-2-3-5/h4-6H,2-3H2,1H3,(H,10,11). The average molecular weight is 173 g/mol. The van der Waals surface area contributed by atoms with Crippen LogP contribution in [-0.2, 0) is 14.4 Å². The predicted molar refractivity (Wildman–Crippen MR) is 39.1 cm³/mol. The summed E-state index contributed by atoms with van der Waals surface area (Å²) in [5.74, 6) is -0.945. The van der Waals surface area contributed by atoms with Crippen molar-refractivity contribution < 1.29 is 19.5 Å². The number of carbonyl (C=O) groups excluding carboxylic acids is 1. The molecule has 1 N–H and O–H groups in total. The molecule has 12 heavy (non-hydrogen) atoms. The molecular weight excluding hydrogens is 162 g/mol. The van der Waals surface area contributed by atoms with Crippen molar-refractivity contribution in [2.75, 3.05) is 7.11 Å². The van der Waals surface area contributed by atoms with Gasteiger partial charge in [0.15, 0.2) is 6.04 Å². The summed E-state index contributed by atoms with van der Waals surface area (Å²) in [6.45, 7) is 0. The number of hydrogen-bond acceptors (Lipinski definition) is 3. The molecule has 1 aliphatic carbocycles. The molecule has 0 spiro atoms. The Morgan fingerprint density at radius 3 is 2.58 bits per heavy atom. The normalized spacial score (nSPS) is 18.4. The van der Waals surface area contributed by atoms with Gasteiger partial charge < -0.3 is 5.11 Å². The van der Waals surface area contributed by atoms with Crippen LogP contribution in [-0.4, -0.2) is 35.7 Å². The van der Waals surface area contributed by atoms with E-state index in [1.165, 1.54) is 7.11 Å². The zero-order valence-corrected chi connectivity index (χ0v) is 6.77. The highest BCUT2D eigenvalue weighted by Gasteiger charge is 2.40. The van der Waals surface area contributed by atoms with E-state index in [1.807, 2.05) is 0 Å². The highest BCUT2D eigenvalue weighted by Crippen LogP contribution is 2.35. The van der Waals surface area contributed by atoms with Crippen LogP contribution in [0.5, 0.6) is 0 Å². The second kappa shape index (κ2) is 3.53. The van der Waals surface area contributed by atoms with Crippen molar-refractivity contribution in [1.82, 2.24) is 5.06 Å². The molecule has 1 fully saturated rings. The van der Waals surface area contributed by atoms with E-state index in [-0.39, 0.29) is 5.92 Å². The van der Waals surface area contributed by atoms with Gasteiger partial charge in [-0.15, -0.1) is 0 Å². The number of carboxylic acids is 1. The summed E-state index contributed by atoms with van der Waals surface area (Å²) in [7, 11) is 1.28. The minimum atomic E-state index is -1.01. The van der Waals surface area contributed by atoms with Crippen molar-refractivity contribution in [2.45, 2.75) is 18.9 Å². The van der Waals surface area contributed by atoms with Gasteiger partial charge in [-0.3, -0.25) is 9.63 Å². The summed E-state index contributed by atoms with van der Waals surface area (Å²) in [6, 6.07) is -0.813. The van der Waals surface area contributed by atoms with Crippen molar-refractivity contribution in [3.8, 4) is 0 Å². The van der Waals surface area contributed by atoms with Gasteiger partial charge in [0.05, 0.1) is 7.11 Å². The molecule has 5 nitrogen and oxygen atoms in total. The third-order valence-electron chi connectivity index (χ3n) is 1.91. The Morgan fingerprint density at radius 1 is 1.75 bits per heavy atom. The Balaban J connectivity index is 2.61. The lowest BCUT2D eigenvalue weighted by Crippen LogP contribution is -2.41. The zero-order chi connectivity index (χ0) is 9.14. The quantitative estimate of drug-likeness (QED) is 0.464. The second-order valence-electron chi connectivity index (χ2n) is 2.77. The van der Waals surface area contributed by atoms with Crippen LogP contribution in [0.3, 0.4) is 0 Å². The fourth-order valence-electron chi connectivity index (χ4n) is 1.15. The molecule has 1 unspecified atom stereocenters. The lowest BCUT2D eigenvalue weighted by atomic mass is 10.2. The van der Waals surface area contributed by atoms with E-state index >= 15 is 0 Å². The van der Waals surface area contributed by atoms with Gasteiger partial charge in [0, 0.05) is 0 Å². The molecular formula is C7H11NO4. The van der Waals surface area contributed by atoms with Crippen molar-refractivity contribution in [3.05, 3.63) is 0 Å². The number of carboxylic acid groups (broad SMARTS) is 1. The van der Waals surface area contributed by atoms with E-state index in [2.05, 4.69) is 4.84 Å². The van der Waals surface area contributed by atoms with Crippen LogP contribution in [0, 0.1) is 5.92 Å². The van der Waals surface area contributed by atoms with Gasteiger partial charge in [-0.25, -0.2) is 9.86 Å². The summed E-state index contributed by atoms with van der Waals surface area (Å²) in [5.41, 5.74) is 0. The molecule has 0 aromatic rings. The number of carbonyl (C=O) groups is 2. The first-order valence-corrected chi connectivity index (χ1v) is 3.71. The maximum absolute atomic E-state index is 10.7. The maximum Gasteiger partial charge on any atom is 0.329 e. The number of aliphatic carboxylic acids is 1. The predicted octanol–water partition coefficient (Wildman–Crippen LogP) is -0.131. The number of hydroxylamine groups is 2. The number of amides is 1. The first-order valence-electron chi connectivity index (χ1n) is 3.71. The number of rotatable bonds is 5. The largest absolute Gasteiger partial charge is 0.480 e.